The molecule has 2 aromatic heterocycles. The molecule has 0 saturated heterocycles. The number of hydrogen-bond acceptors (Lipinski definition) is 5. The summed E-state index contributed by atoms with van der Waals surface area (Å²) in [5.74, 6) is -0.467. The van der Waals surface area contributed by atoms with E-state index in [4.69, 9.17) is 5.11 Å². The Labute approximate surface area is 103 Å². The molecule has 2 aromatic rings. The van der Waals surface area contributed by atoms with E-state index in [0.29, 0.717) is 18.8 Å². The maximum Gasteiger partial charge on any atom is 0.308 e. The van der Waals surface area contributed by atoms with Crippen LogP contribution in [0.15, 0.2) is 17.8 Å². The number of fused-ring (bicyclic) bond motifs is 1. The summed E-state index contributed by atoms with van der Waals surface area (Å²) in [6, 6.07) is 1.93. The molecule has 0 aliphatic carbocycles. The minimum atomic E-state index is -0.782. The lowest BCUT2D eigenvalue weighted by Gasteiger charge is -2.11. The van der Waals surface area contributed by atoms with E-state index >= 15 is 0 Å². The summed E-state index contributed by atoms with van der Waals surface area (Å²) >= 11 is 1.54. The third-order valence-electron chi connectivity index (χ3n) is 2.62. The van der Waals surface area contributed by atoms with Crippen LogP contribution in [0.25, 0.3) is 10.2 Å². The Balaban J connectivity index is 2.13. The zero-order valence-corrected chi connectivity index (χ0v) is 10.2. The molecule has 1 unspecified atom stereocenters. The molecule has 90 valence electrons. The number of anilines is 1. The van der Waals surface area contributed by atoms with Crippen molar-refractivity contribution in [1.82, 2.24) is 9.97 Å². The molecule has 0 aliphatic heterocycles. The molecular formula is C11H13N3O2S. The fourth-order valence-electron chi connectivity index (χ4n) is 1.56. The van der Waals surface area contributed by atoms with Gasteiger partial charge in [0.05, 0.1) is 11.3 Å². The number of aromatic nitrogens is 2. The molecule has 17 heavy (non-hydrogen) atoms. The molecule has 2 rings (SSSR count). The van der Waals surface area contributed by atoms with Gasteiger partial charge in [0.25, 0.3) is 0 Å². The number of carbonyl (C=O) groups is 1. The Kier molecular flexibility index (Phi) is 3.53. The van der Waals surface area contributed by atoms with Crippen LogP contribution in [0.1, 0.15) is 13.3 Å². The number of rotatable bonds is 5. The van der Waals surface area contributed by atoms with Crippen molar-refractivity contribution in [3.8, 4) is 0 Å². The van der Waals surface area contributed by atoms with Gasteiger partial charge in [0.1, 0.15) is 17.0 Å². The zero-order valence-electron chi connectivity index (χ0n) is 9.38. The lowest BCUT2D eigenvalue weighted by Crippen LogP contribution is -2.22. The van der Waals surface area contributed by atoms with Crippen LogP contribution >= 0.6 is 11.3 Å². The van der Waals surface area contributed by atoms with Crippen molar-refractivity contribution < 1.29 is 9.90 Å². The van der Waals surface area contributed by atoms with Crippen LogP contribution in [0.3, 0.4) is 0 Å². The quantitative estimate of drug-likeness (QED) is 0.852. The van der Waals surface area contributed by atoms with Crippen LogP contribution in [0.5, 0.6) is 0 Å². The summed E-state index contributed by atoms with van der Waals surface area (Å²) in [6.07, 6.45) is 2.09. The van der Waals surface area contributed by atoms with Crippen molar-refractivity contribution in [2.24, 2.45) is 5.92 Å². The Morgan fingerprint density at radius 2 is 2.41 bits per heavy atom. The predicted molar refractivity (Wildman–Crippen MR) is 67.3 cm³/mol. The molecule has 0 radical (unpaired) electrons. The number of hydrogen-bond donors (Lipinski definition) is 2. The normalized spacial score (nSPS) is 12.5. The molecule has 0 amide bonds. The molecule has 2 N–H and O–H groups in total. The van der Waals surface area contributed by atoms with Crippen molar-refractivity contribution in [1.29, 1.82) is 0 Å². The van der Waals surface area contributed by atoms with Gasteiger partial charge in [-0.1, -0.05) is 6.92 Å². The van der Waals surface area contributed by atoms with Gasteiger partial charge in [0.15, 0.2) is 0 Å². The largest absolute Gasteiger partial charge is 0.481 e. The van der Waals surface area contributed by atoms with Gasteiger partial charge in [0.2, 0.25) is 0 Å². The highest BCUT2D eigenvalue weighted by atomic mass is 32.1. The summed E-state index contributed by atoms with van der Waals surface area (Å²) in [5.41, 5.74) is 0. The van der Waals surface area contributed by atoms with Gasteiger partial charge >= 0.3 is 5.97 Å². The van der Waals surface area contributed by atoms with Crippen LogP contribution in [-0.4, -0.2) is 27.6 Å². The first-order valence-electron chi connectivity index (χ1n) is 5.37. The van der Waals surface area contributed by atoms with Gasteiger partial charge < -0.3 is 10.4 Å². The molecule has 1 atom stereocenters. The fourth-order valence-corrected chi connectivity index (χ4v) is 2.29. The predicted octanol–water partition coefficient (Wildman–Crippen LogP) is 2.21. The molecule has 6 heteroatoms. The molecule has 0 aliphatic rings. The van der Waals surface area contributed by atoms with Crippen molar-refractivity contribution in [3.63, 3.8) is 0 Å². The first-order chi connectivity index (χ1) is 8.22. The highest BCUT2D eigenvalue weighted by molar-refractivity contribution is 7.16. The highest BCUT2D eigenvalue weighted by Gasteiger charge is 2.15. The Morgan fingerprint density at radius 3 is 3.12 bits per heavy atom. The second-order valence-corrected chi connectivity index (χ2v) is 4.58. The molecule has 0 aromatic carbocycles. The van der Waals surface area contributed by atoms with Crippen LogP contribution in [-0.2, 0) is 4.79 Å². The van der Waals surface area contributed by atoms with Gasteiger partial charge in [-0.05, 0) is 17.9 Å². The summed E-state index contributed by atoms with van der Waals surface area (Å²) in [7, 11) is 0. The minimum absolute atomic E-state index is 0.383. The summed E-state index contributed by atoms with van der Waals surface area (Å²) in [6.45, 7) is 2.24. The third kappa shape index (κ3) is 2.52. The molecule has 0 spiro atoms. The first-order valence-corrected chi connectivity index (χ1v) is 6.25. The van der Waals surface area contributed by atoms with E-state index in [-0.39, 0.29) is 0 Å². The van der Waals surface area contributed by atoms with E-state index in [9.17, 15) is 4.79 Å². The Hall–Kier alpha value is -1.69. The minimum Gasteiger partial charge on any atom is -0.481 e. The second kappa shape index (κ2) is 5.09. The number of thiophene rings is 1. The van der Waals surface area contributed by atoms with Crippen molar-refractivity contribution >= 4 is 33.3 Å². The van der Waals surface area contributed by atoms with Crippen molar-refractivity contribution in [2.45, 2.75) is 13.3 Å². The van der Waals surface area contributed by atoms with Crippen LogP contribution < -0.4 is 5.32 Å². The summed E-state index contributed by atoms with van der Waals surface area (Å²) in [4.78, 5) is 20.1. The van der Waals surface area contributed by atoms with Crippen LogP contribution in [0.4, 0.5) is 5.82 Å². The fraction of sp³-hybridized carbons (Fsp3) is 0.364. The topological polar surface area (TPSA) is 75.1 Å². The van der Waals surface area contributed by atoms with Crippen LogP contribution in [0, 0.1) is 5.92 Å². The number of aliphatic carboxylic acids is 1. The summed E-state index contributed by atoms with van der Waals surface area (Å²) in [5, 5.41) is 14.9. The van der Waals surface area contributed by atoms with Gasteiger partial charge in [0, 0.05) is 6.54 Å². The molecule has 0 fully saturated rings. The molecule has 2 heterocycles. The standard InChI is InChI=1S/C11H13N3O2S/c1-2-7(11(15)16)5-12-9-8-3-4-17-10(8)14-6-13-9/h3-4,6-7H,2,5H2,1H3,(H,15,16)(H,12,13,14). The highest BCUT2D eigenvalue weighted by Crippen LogP contribution is 2.23. The monoisotopic (exact) mass is 251 g/mol. The van der Waals surface area contributed by atoms with Crippen LogP contribution in [0.2, 0.25) is 0 Å². The average Bonchev–Trinajstić information content (AvgIpc) is 2.78. The number of nitrogens with zero attached hydrogens (tertiary/aromatic N) is 2. The molecule has 0 bridgehead atoms. The van der Waals surface area contributed by atoms with E-state index in [1.807, 2.05) is 18.4 Å². The molecular weight excluding hydrogens is 238 g/mol. The molecule has 0 saturated carbocycles. The first kappa shape index (κ1) is 11.8. The van der Waals surface area contributed by atoms with Crippen molar-refractivity contribution in [3.05, 3.63) is 17.8 Å². The zero-order chi connectivity index (χ0) is 12.3. The number of nitrogens with one attached hydrogen (secondary N) is 1. The lowest BCUT2D eigenvalue weighted by molar-refractivity contribution is -0.141. The molecule has 5 nitrogen and oxygen atoms in total. The Morgan fingerprint density at radius 1 is 1.59 bits per heavy atom. The van der Waals surface area contributed by atoms with E-state index in [2.05, 4.69) is 15.3 Å². The lowest BCUT2D eigenvalue weighted by atomic mass is 10.1. The Bertz CT molecular complexity index is 526. The third-order valence-corrected chi connectivity index (χ3v) is 3.44. The van der Waals surface area contributed by atoms with E-state index in [0.717, 1.165) is 10.2 Å². The second-order valence-electron chi connectivity index (χ2n) is 3.69. The maximum absolute atomic E-state index is 10.9. The average molecular weight is 251 g/mol. The van der Waals surface area contributed by atoms with Crippen molar-refractivity contribution in [2.75, 3.05) is 11.9 Å². The number of carboxylic acids is 1. The van der Waals surface area contributed by atoms with Gasteiger partial charge in [-0.2, -0.15) is 0 Å². The van der Waals surface area contributed by atoms with Gasteiger partial charge in [-0.15, -0.1) is 11.3 Å². The van der Waals surface area contributed by atoms with Gasteiger partial charge in [-0.3, -0.25) is 4.79 Å². The van der Waals surface area contributed by atoms with E-state index in [1.165, 1.54) is 6.33 Å². The maximum atomic E-state index is 10.9. The smallest absolute Gasteiger partial charge is 0.308 e. The van der Waals surface area contributed by atoms with E-state index in [1.54, 1.807) is 11.3 Å². The van der Waals surface area contributed by atoms with Gasteiger partial charge in [-0.25, -0.2) is 9.97 Å². The summed E-state index contributed by atoms with van der Waals surface area (Å²) < 4.78 is 0. The van der Waals surface area contributed by atoms with E-state index < -0.39 is 11.9 Å². The SMILES string of the molecule is CCC(CNc1ncnc2sccc12)C(=O)O. The number of carboxylic acid groups (broad SMARTS) is 1.